The first-order valence-electron chi connectivity index (χ1n) is 5.91. The summed E-state index contributed by atoms with van der Waals surface area (Å²) in [7, 11) is 0. The van der Waals surface area contributed by atoms with E-state index in [4.69, 9.17) is 8.94 Å². The van der Waals surface area contributed by atoms with Crippen molar-refractivity contribution >= 4 is 22.3 Å². The lowest BCUT2D eigenvalue weighted by Crippen LogP contribution is -1.76. The van der Waals surface area contributed by atoms with Crippen LogP contribution in [0.2, 0.25) is 0 Å². The predicted octanol–water partition coefficient (Wildman–Crippen LogP) is 3.92. The Morgan fingerprint density at radius 3 is 2.85 bits per heavy atom. The number of aromatic nitrogens is 2. The molecule has 0 saturated carbocycles. The molecule has 0 saturated heterocycles. The molecule has 0 radical (unpaired) electrons. The molecule has 0 fully saturated rings. The Labute approximate surface area is 117 Å². The second-order valence-electron chi connectivity index (χ2n) is 4.21. The molecular formula is C14H8N2O3S. The zero-order valence-corrected chi connectivity index (χ0v) is 10.9. The number of hydrogen-bond acceptors (Lipinski definition) is 6. The Bertz CT molecular complexity index is 858. The highest BCUT2D eigenvalue weighted by molar-refractivity contribution is 7.13. The Balaban J connectivity index is 1.80. The highest BCUT2D eigenvalue weighted by Crippen LogP contribution is 2.35. The molecule has 98 valence electrons. The van der Waals surface area contributed by atoms with E-state index in [9.17, 15) is 5.11 Å². The summed E-state index contributed by atoms with van der Waals surface area (Å²) >= 11 is 1.34. The van der Waals surface area contributed by atoms with Gasteiger partial charge >= 0.3 is 0 Å². The molecule has 1 N–H and O–H groups in total. The Morgan fingerprint density at radius 1 is 1.15 bits per heavy atom. The van der Waals surface area contributed by atoms with E-state index in [2.05, 4.69) is 10.1 Å². The van der Waals surface area contributed by atoms with Crippen molar-refractivity contribution in [1.82, 2.24) is 10.1 Å². The summed E-state index contributed by atoms with van der Waals surface area (Å²) in [6.45, 7) is 0. The van der Waals surface area contributed by atoms with Crippen LogP contribution in [0.4, 0.5) is 0 Å². The molecule has 3 heterocycles. The highest BCUT2D eigenvalue weighted by atomic mass is 32.1. The van der Waals surface area contributed by atoms with E-state index in [0.29, 0.717) is 16.5 Å². The zero-order chi connectivity index (χ0) is 13.5. The maximum absolute atomic E-state index is 9.66. The molecule has 5 nitrogen and oxygen atoms in total. The first-order chi connectivity index (χ1) is 9.81. The van der Waals surface area contributed by atoms with Gasteiger partial charge in [0.1, 0.15) is 16.2 Å². The third-order valence-electron chi connectivity index (χ3n) is 2.91. The molecule has 1 aromatic carbocycles. The van der Waals surface area contributed by atoms with Crippen LogP contribution >= 0.6 is 11.3 Å². The first kappa shape index (κ1) is 11.2. The Kier molecular flexibility index (Phi) is 2.37. The number of hydrogen-bond donors (Lipinski definition) is 1. The van der Waals surface area contributed by atoms with Crippen LogP contribution in [0.1, 0.15) is 0 Å². The number of thiophene rings is 1. The minimum absolute atomic E-state index is 0.134. The largest absolute Gasteiger partial charge is 0.506 e. The number of aromatic hydroxyl groups is 1. The maximum atomic E-state index is 9.66. The van der Waals surface area contributed by atoms with Crippen molar-refractivity contribution in [3.63, 3.8) is 0 Å². The quantitative estimate of drug-likeness (QED) is 0.604. The molecule has 0 amide bonds. The van der Waals surface area contributed by atoms with Gasteiger partial charge in [-0.15, -0.1) is 11.3 Å². The van der Waals surface area contributed by atoms with E-state index in [1.807, 2.05) is 30.3 Å². The smallest absolute Gasteiger partial charge is 0.272 e. The first-order valence-corrected chi connectivity index (χ1v) is 6.79. The van der Waals surface area contributed by atoms with Gasteiger partial charge in [-0.3, -0.25) is 0 Å². The number of fused-ring (bicyclic) bond motifs is 1. The lowest BCUT2D eigenvalue weighted by molar-refractivity contribution is 0.426. The van der Waals surface area contributed by atoms with Gasteiger partial charge in [0.2, 0.25) is 5.82 Å². The standard InChI is InChI=1S/C14H8N2O3S/c17-9-5-6-20-12(9)14-15-13(16-19-14)11-7-8-3-1-2-4-10(8)18-11/h1-7,17H. The Morgan fingerprint density at radius 2 is 2.05 bits per heavy atom. The fraction of sp³-hybridized carbons (Fsp3) is 0. The predicted molar refractivity (Wildman–Crippen MR) is 74.5 cm³/mol. The van der Waals surface area contributed by atoms with Gasteiger partial charge in [0.05, 0.1) is 0 Å². The van der Waals surface area contributed by atoms with Crippen LogP contribution in [0, 0.1) is 0 Å². The molecule has 4 aromatic rings. The summed E-state index contributed by atoms with van der Waals surface area (Å²) in [6.07, 6.45) is 0. The van der Waals surface area contributed by atoms with Crippen molar-refractivity contribution in [2.75, 3.05) is 0 Å². The minimum Gasteiger partial charge on any atom is -0.506 e. The van der Waals surface area contributed by atoms with Gasteiger partial charge in [0.15, 0.2) is 5.76 Å². The normalized spacial score (nSPS) is 11.2. The molecule has 6 heteroatoms. The molecule has 0 aliphatic rings. The van der Waals surface area contributed by atoms with Gasteiger partial charge in [-0.2, -0.15) is 4.98 Å². The summed E-state index contributed by atoms with van der Waals surface area (Å²) in [4.78, 5) is 4.81. The van der Waals surface area contributed by atoms with Crippen molar-refractivity contribution in [1.29, 1.82) is 0 Å². The molecule has 0 unspecified atom stereocenters. The van der Waals surface area contributed by atoms with E-state index >= 15 is 0 Å². The van der Waals surface area contributed by atoms with Crippen molar-refractivity contribution < 1.29 is 14.0 Å². The fourth-order valence-corrected chi connectivity index (χ4v) is 2.68. The Hall–Kier alpha value is -2.60. The van der Waals surface area contributed by atoms with Crippen LogP contribution in [0.5, 0.6) is 5.75 Å². The van der Waals surface area contributed by atoms with Gasteiger partial charge in [-0.05, 0) is 23.6 Å². The fourth-order valence-electron chi connectivity index (χ4n) is 1.97. The lowest BCUT2D eigenvalue weighted by Gasteiger charge is -1.87. The maximum Gasteiger partial charge on any atom is 0.272 e. The summed E-state index contributed by atoms with van der Waals surface area (Å²) in [5, 5.41) is 16.3. The number of nitrogens with zero attached hydrogens (tertiary/aromatic N) is 2. The number of benzene rings is 1. The van der Waals surface area contributed by atoms with E-state index < -0.39 is 0 Å². The molecule has 0 aliphatic carbocycles. The van der Waals surface area contributed by atoms with Gasteiger partial charge < -0.3 is 14.0 Å². The number of rotatable bonds is 2. The molecule has 0 atom stereocenters. The third-order valence-corrected chi connectivity index (χ3v) is 3.80. The molecule has 20 heavy (non-hydrogen) atoms. The summed E-state index contributed by atoms with van der Waals surface area (Å²) in [6, 6.07) is 11.1. The van der Waals surface area contributed by atoms with E-state index in [0.717, 1.165) is 11.0 Å². The van der Waals surface area contributed by atoms with Crippen LogP contribution < -0.4 is 0 Å². The van der Waals surface area contributed by atoms with Crippen LogP contribution in [-0.2, 0) is 0 Å². The highest BCUT2D eigenvalue weighted by Gasteiger charge is 2.17. The van der Waals surface area contributed by atoms with Gasteiger partial charge in [0.25, 0.3) is 5.89 Å². The number of para-hydroxylation sites is 1. The average Bonchev–Trinajstić information content (AvgIpc) is 3.15. The zero-order valence-electron chi connectivity index (χ0n) is 10.1. The summed E-state index contributed by atoms with van der Waals surface area (Å²) in [5.41, 5.74) is 0.771. The summed E-state index contributed by atoms with van der Waals surface area (Å²) < 4.78 is 10.8. The number of furan rings is 1. The van der Waals surface area contributed by atoms with Crippen molar-refractivity contribution in [3.8, 4) is 28.1 Å². The molecule has 4 rings (SSSR count). The topological polar surface area (TPSA) is 72.3 Å². The second-order valence-corrected chi connectivity index (χ2v) is 5.12. The average molecular weight is 284 g/mol. The van der Waals surface area contributed by atoms with Crippen LogP contribution in [0.15, 0.2) is 50.7 Å². The van der Waals surface area contributed by atoms with Gasteiger partial charge in [0, 0.05) is 5.39 Å². The molecular weight excluding hydrogens is 276 g/mol. The molecule has 0 aliphatic heterocycles. The minimum atomic E-state index is 0.134. The van der Waals surface area contributed by atoms with Crippen LogP contribution in [-0.4, -0.2) is 15.2 Å². The van der Waals surface area contributed by atoms with E-state index in [1.54, 1.807) is 11.4 Å². The third kappa shape index (κ3) is 1.70. The summed E-state index contributed by atoms with van der Waals surface area (Å²) in [5.74, 6) is 1.32. The van der Waals surface area contributed by atoms with Crippen LogP contribution in [0.25, 0.3) is 33.3 Å². The van der Waals surface area contributed by atoms with E-state index in [-0.39, 0.29) is 11.6 Å². The lowest BCUT2D eigenvalue weighted by atomic mass is 10.2. The molecule has 0 spiro atoms. The SMILES string of the molecule is Oc1ccsc1-c1nc(-c2cc3ccccc3o2)no1. The van der Waals surface area contributed by atoms with Crippen molar-refractivity contribution in [2.24, 2.45) is 0 Å². The van der Waals surface area contributed by atoms with Gasteiger partial charge in [-0.1, -0.05) is 23.4 Å². The van der Waals surface area contributed by atoms with Crippen LogP contribution in [0.3, 0.4) is 0 Å². The van der Waals surface area contributed by atoms with Crippen molar-refractivity contribution in [3.05, 3.63) is 41.8 Å². The van der Waals surface area contributed by atoms with Crippen molar-refractivity contribution in [2.45, 2.75) is 0 Å². The molecule has 3 aromatic heterocycles. The van der Waals surface area contributed by atoms with E-state index in [1.165, 1.54) is 11.3 Å². The monoisotopic (exact) mass is 284 g/mol. The molecule has 0 bridgehead atoms. The van der Waals surface area contributed by atoms with Gasteiger partial charge in [-0.25, -0.2) is 0 Å². The second kappa shape index (κ2) is 4.21.